The highest BCUT2D eigenvalue weighted by Crippen LogP contribution is 2.41. The third kappa shape index (κ3) is 3.45. The molecule has 142 valence electrons. The van der Waals surface area contributed by atoms with Crippen molar-refractivity contribution in [2.45, 2.75) is 27.8 Å². The summed E-state index contributed by atoms with van der Waals surface area (Å²) < 4.78 is 50.5. The highest BCUT2D eigenvalue weighted by molar-refractivity contribution is 7.96. The van der Waals surface area contributed by atoms with Crippen molar-refractivity contribution in [3.8, 4) is 5.75 Å². The van der Waals surface area contributed by atoms with Crippen LogP contribution in [0.4, 0.5) is 5.69 Å². The molecule has 2 aromatic rings. The molecule has 1 aliphatic rings. The molecule has 0 radical (unpaired) electrons. The van der Waals surface area contributed by atoms with Crippen LogP contribution in [0.25, 0.3) is 0 Å². The standard InChI is InChI=1S/C15H19N3O5S3/c1-2-7-17-13-9-18(10-3-5-11(19)6-4-10)26(22,23)15-12(13)8-14(24-15)25(16,20)21/h3-6,8,13,17,19H,2,7,9H2,1H3,(H2,16,20,21)/t13-/m0/s1. The number of nitrogens with one attached hydrogen (secondary N) is 1. The molecule has 1 aromatic heterocycles. The molecule has 4 N–H and O–H groups in total. The average molecular weight is 418 g/mol. The van der Waals surface area contributed by atoms with E-state index in [1.807, 2.05) is 6.92 Å². The van der Waals surface area contributed by atoms with E-state index in [4.69, 9.17) is 5.14 Å². The van der Waals surface area contributed by atoms with Gasteiger partial charge in [0.2, 0.25) is 10.0 Å². The van der Waals surface area contributed by atoms with Gasteiger partial charge < -0.3 is 10.4 Å². The van der Waals surface area contributed by atoms with E-state index in [2.05, 4.69) is 5.32 Å². The highest BCUT2D eigenvalue weighted by atomic mass is 32.3. The number of hydrogen-bond donors (Lipinski definition) is 3. The van der Waals surface area contributed by atoms with Crippen LogP contribution in [0.3, 0.4) is 0 Å². The van der Waals surface area contributed by atoms with Gasteiger partial charge >= 0.3 is 0 Å². The molecule has 0 bridgehead atoms. The summed E-state index contributed by atoms with van der Waals surface area (Å²) in [7, 11) is -7.94. The lowest BCUT2D eigenvalue weighted by Crippen LogP contribution is -2.43. The minimum atomic E-state index is -4.00. The molecule has 0 unspecified atom stereocenters. The van der Waals surface area contributed by atoms with E-state index in [0.29, 0.717) is 29.1 Å². The van der Waals surface area contributed by atoms with Gasteiger partial charge in [-0.15, -0.1) is 11.3 Å². The zero-order valence-electron chi connectivity index (χ0n) is 13.9. The van der Waals surface area contributed by atoms with Gasteiger partial charge in [0, 0.05) is 5.56 Å². The van der Waals surface area contributed by atoms with Crippen molar-refractivity contribution in [3.05, 3.63) is 35.9 Å². The molecule has 1 atom stereocenters. The summed E-state index contributed by atoms with van der Waals surface area (Å²) in [6.07, 6.45) is 0.837. The predicted octanol–water partition coefficient (Wildman–Crippen LogP) is 1.35. The maximum absolute atomic E-state index is 13.1. The number of anilines is 1. The first-order chi connectivity index (χ1) is 12.1. The first-order valence-corrected chi connectivity index (χ1v) is 11.7. The van der Waals surface area contributed by atoms with Gasteiger partial charge in [-0.3, -0.25) is 4.31 Å². The zero-order chi connectivity index (χ0) is 19.1. The Labute approximate surface area is 156 Å². The number of phenolic OH excluding ortho intramolecular Hbond substituents is 1. The molecule has 0 amide bonds. The molecule has 1 aliphatic heterocycles. The van der Waals surface area contributed by atoms with Crippen molar-refractivity contribution in [2.75, 3.05) is 17.4 Å². The normalized spacial score (nSPS) is 19.3. The van der Waals surface area contributed by atoms with E-state index in [9.17, 15) is 21.9 Å². The van der Waals surface area contributed by atoms with Crippen molar-refractivity contribution in [1.29, 1.82) is 0 Å². The first-order valence-electron chi connectivity index (χ1n) is 7.86. The van der Waals surface area contributed by atoms with Crippen molar-refractivity contribution in [2.24, 2.45) is 5.14 Å². The molecule has 0 aliphatic carbocycles. The van der Waals surface area contributed by atoms with Crippen molar-refractivity contribution in [1.82, 2.24) is 5.32 Å². The van der Waals surface area contributed by atoms with Crippen LogP contribution >= 0.6 is 11.3 Å². The lowest BCUT2D eigenvalue weighted by atomic mass is 10.1. The number of hydrogen-bond acceptors (Lipinski definition) is 7. The molecule has 2 heterocycles. The van der Waals surface area contributed by atoms with Crippen LogP contribution in [-0.4, -0.2) is 35.0 Å². The van der Waals surface area contributed by atoms with Crippen LogP contribution < -0.4 is 14.8 Å². The SMILES string of the molecule is CCCN[C@H]1CN(c2ccc(O)cc2)S(=O)(=O)c2sc(S(N)(=O)=O)cc21. The van der Waals surface area contributed by atoms with Crippen LogP contribution in [-0.2, 0) is 20.0 Å². The Bertz CT molecular complexity index is 1010. The Kier molecular flexibility index (Phi) is 5.01. The molecule has 0 spiro atoms. The molecule has 0 saturated heterocycles. The molecular formula is C15H19N3O5S3. The fourth-order valence-electron chi connectivity index (χ4n) is 2.77. The van der Waals surface area contributed by atoms with Crippen molar-refractivity contribution >= 4 is 37.1 Å². The molecular weight excluding hydrogens is 398 g/mol. The number of rotatable bonds is 5. The van der Waals surface area contributed by atoms with Gasteiger partial charge in [0.25, 0.3) is 10.0 Å². The number of primary sulfonamides is 1. The van der Waals surface area contributed by atoms with Crippen LogP contribution in [0.2, 0.25) is 0 Å². The van der Waals surface area contributed by atoms with Crippen molar-refractivity contribution in [3.63, 3.8) is 0 Å². The number of nitrogens with zero attached hydrogens (tertiary/aromatic N) is 1. The number of thiophene rings is 1. The summed E-state index contributed by atoms with van der Waals surface area (Å²) in [5, 5.41) is 17.9. The van der Waals surface area contributed by atoms with E-state index in [-0.39, 0.29) is 26.8 Å². The van der Waals surface area contributed by atoms with E-state index in [1.165, 1.54) is 34.6 Å². The zero-order valence-corrected chi connectivity index (χ0v) is 16.4. The van der Waals surface area contributed by atoms with Crippen LogP contribution in [0.5, 0.6) is 5.75 Å². The molecule has 1 aromatic carbocycles. The van der Waals surface area contributed by atoms with E-state index >= 15 is 0 Å². The number of nitrogens with two attached hydrogens (primary N) is 1. The van der Waals surface area contributed by atoms with Gasteiger partial charge in [-0.05, 0) is 43.3 Å². The second kappa shape index (κ2) is 6.82. The van der Waals surface area contributed by atoms with Gasteiger partial charge in [0.05, 0.1) is 18.3 Å². The van der Waals surface area contributed by atoms with E-state index < -0.39 is 20.0 Å². The van der Waals surface area contributed by atoms with Gasteiger partial charge in [0.1, 0.15) is 14.2 Å². The summed E-state index contributed by atoms with van der Waals surface area (Å²) in [6, 6.07) is 6.78. The minimum Gasteiger partial charge on any atom is -0.508 e. The van der Waals surface area contributed by atoms with E-state index in [0.717, 1.165) is 6.42 Å². The van der Waals surface area contributed by atoms with Crippen molar-refractivity contribution < 1.29 is 21.9 Å². The summed E-state index contributed by atoms with van der Waals surface area (Å²) >= 11 is 0.656. The Balaban J connectivity index is 2.14. The van der Waals surface area contributed by atoms with Crippen LogP contribution in [0, 0.1) is 0 Å². The second-order valence-corrected chi connectivity index (χ2v) is 10.8. The number of phenols is 1. The van der Waals surface area contributed by atoms with Gasteiger partial charge in [-0.2, -0.15) is 0 Å². The number of sulfonamides is 2. The smallest absolute Gasteiger partial charge is 0.274 e. The lowest BCUT2D eigenvalue weighted by Gasteiger charge is -2.34. The Morgan fingerprint density at radius 2 is 2.00 bits per heavy atom. The lowest BCUT2D eigenvalue weighted by molar-refractivity contribution is 0.475. The Hall–Kier alpha value is -1.66. The maximum Gasteiger partial charge on any atom is 0.274 e. The van der Waals surface area contributed by atoms with E-state index in [1.54, 1.807) is 0 Å². The third-order valence-corrected chi connectivity index (χ3v) is 8.90. The summed E-state index contributed by atoms with van der Waals surface area (Å²) in [4.78, 5) is 0. The van der Waals surface area contributed by atoms with Crippen LogP contribution in [0.1, 0.15) is 24.9 Å². The number of benzene rings is 1. The van der Waals surface area contributed by atoms with Gasteiger partial charge in [-0.1, -0.05) is 6.92 Å². The third-order valence-electron chi connectivity index (χ3n) is 4.01. The topological polar surface area (TPSA) is 130 Å². The summed E-state index contributed by atoms with van der Waals surface area (Å²) in [6.45, 7) is 2.74. The maximum atomic E-state index is 13.1. The quantitative estimate of drug-likeness (QED) is 0.673. The van der Waals surface area contributed by atoms with Crippen LogP contribution in [0.15, 0.2) is 38.8 Å². The van der Waals surface area contributed by atoms with Gasteiger partial charge in [0.15, 0.2) is 0 Å². The monoisotopic (exact) mass is 417 g/mol. The predicted molar refractivity (Wildman–Crippen MR) is 99.4 cm³/mol. The molecule has 3 rings (SSSR count). The minimum absolute atomic E-state index is 0.0251. The second-order valence-electron chi connectivity index (χ2n) is 5.91. The summed E-state index contributed by atoms with van der Waals surface area (Å²) in [5.41, 5.74) is 0.810. The molecule has 0 fully saturated rings. The molecule has 11 heteroatoms. The fraction of sp³-hybridized carbons (Fsp3) is 0.333. The Morgan fingerprint density at radius 3 is 2.58 bits per heavy atom. The Morgan fingerprint density at radius 1 is 1.35 bits per heavy atom. The number of aromatic hydroxyl groups is 1. The largest absolute Gasteiger partial charge is 0.508 e. The van der Waals surface area contributed by atoms with Gasteiger partial charge in [-0.25, -0.2) is 22.0 Å². The first kappa shape index (κ1) is 19.1. The number of fused-ring (bicyclic) bond motifs is 1. The highest BCUT2D eigenvalue weighted by Gasteiger charge is 2.40. The average Bonchev–Trinajstić information content (AvgIpc) is 3.02. The summed E-state index contributed by atoms with van der Waals surface area (Å²) in [5.74, 6) is 0.0251. The fourth-order valence-corrected chi connectivity index (χ4v) is 7.02. The molecule has 0 saturated carbocycles. The molecule has 26 heavy (non-hydrogen) atoms. The molecule has 8 nitrogen and oxygen atoms in total.